The second kappa shape index (κ2) is 6.77. The molecule has 0 unspecified atom stereocenters. The number of aromatic nitrogens is 3. The predicted octanol–water partition coefficient (Wildman–Crippen LogP) is 2.33. The molecule has 0 amide bonds. The Labute approximate surface area is 149 Å². The lowest BCUT2D eigenvalue weighted by atomic mass is 10.2. The Morgan fingerprint density at radius 2 is 2.04 bits per heavy atom. The van der Waals surface area contributed by atoms with Gasteiger partial charge in [-0.15, -0.1) is 0 Å². The van der Waals surface area contributed by atoms with Crippen LogP contribution in [0.25, 0.3) is 11.0 Å². The number of rotatable bonds is 7. The van der Waals surface area contributed by atoms with Crippen molar-refractivity contribution in [2.45, 2.75) is 11.8 Å². The third-order valence-corrected chi connectivity index (χ3v) is 5.25. The Balaban J connectivity index is 1.52. The molecule has 0 saturated heterocycles. The number of fused-ring (bicyclic) bond motifs is 1. The normalized spacial score (nSPS) is 13.2. The molecule has 0 bridgehead atoms. The van der Waals surface area contributed by atoms with E-state index in [4.69, 9.17) is 8.94 Å². The number of hydrogen-bond acceptors (Lipinski definition) is 6. The van der Waals surface area contributed by atoms with E-state index in [1.165, 1.54) is 0 Å². The van der Waals surface area contributed by atoms with Gasteiger partial charge in [-0.3, -0.25) is 4.68 Å². The molecule has 0 radical (unpaired) electrons. The summed E-state index contributed by atoms with van der Waals surface area (Å²) in [7, 11) is -3.63. The van der Waals surface area contributed by atoms with E-state index >= 15 is 0 Å². The highest BCUT2D eigenvalue weighted by molar-refractivity contribution is 7.88. The van der Waals surface area contributed by atoms with Gasteiger partial charge in [0.25, 0.3) is 0 Å². The van der Waals surface area contributed by atoms with Crippen molar-refractivity contribution in [1.82, 2.24) is 19.7 Å². The van der Waals surface area contributed by atoms with Gasteiger partial charge in [0.2, 0.25) is 10.0 Å². The maximum absolute atomic E-state index is 12.5. The lowest BCUT2D eigenvalue weighted by molar-refractivity contribution is 0.402. The van der Waals surface area contributed by atoms with E-state index < -0.39 is 10.0 Å². The van der Waals surface area contributed by atoms with Crippen LogP contribution in [0.1, 0.15) is 17.5 Å². The molecule has 3 aromatic heterocycles. The van der Waals surface area contributed by atoms with E-state index in [9.17, 15) is 8.42 Å². The summed E-state index contributed by atoms with van der Waals surface area (Å²) in [5.41, 5.74) is 0.935. The van der Waals surface area contributed by atoms with Crippen molar-refractivity contribution in [2.75, 3.05) is 6.54 Å². The molecule has 0 saturated carbocycles. The van der Waals surface area contributed by atoms with Gasteiger partial charge in [0.05, 0.1) is 6.26 Å². The number of sulfonamides is 1. The van der Waals surface area contributed by atoms with Crippen LogP contribution in [0, 0.1) is 0 Å². The Morgan fingerprint density at radius 3 is 2.81 bits per heavy atom. The molecular formula is C17H16N4O4S. The summed E-state index contributed by atoms with van der Waals surface area (Å²) in [6.07, 6.45) is 4.93. The highest BCUT2D eigenvalue weighted by atomic mass is 32.2. The van der Waals surface area contributed by atoms with Gasteiger partial charge in [-0.1, -0.05) is 17.3 Å². The third kappa shape index (κ3) is 3.39. The average molecular weight is 372 g/mol. The summed E-state index contributed by atoms with van der Waals surface area (Å²) in [6.45, 7) is 0.104. The smallest absolute Gasteiger partial charge is 0.217 e. The molecule has 1 N–H and O–H groups in total. The van der Waals surface area contributed by atoms with Gasteiger partial charge >= 0.3 is 0 Å². The van der Waals surface area contributed by atoms with Gasteiger partial charge in [0.15, 0.2) is 5.58 Å². The van der Waals surface area contributed by atoms with Gasteiger partial charge in [-0.05, 0) is 30.3 Å². The fourth-order valence-electron chi connectivity index (χ4n) is 2.75. The maximum atomic E-state index is 12.5. The molecular weight excluding hydrogens is 356 g/mol. The van der Waals surface area contributed by atoms with Crippen molar-refractivity contribution in [3.05, 3.63) is 72.6 Å². The minimum absolute atomic E-state index is 0.104. The fourth-order valence-corrected chi connectivity index (χ4v) is 3.83. The van der Waals surface area contributed by atoms with Gasteiger partial charge in [0, 0.05) is 24.3 Å². The van der Waals surface area contributed by atoms with Gasteiger partial charge in [-0.2, -0.15) is 5.10 Å². The Bertz CT molecular complexity index is 1050. The molecule has 1 aromatic carbocycles. The molecule has 0 spiro atoms. The zero-order chi connectivity index (χ0) is 18.0. The van der Waals surface area contributed by atoms with Gasteiger partial charge in [0.1, 0.15) is 23.2 Å². The summed E-state index contributed by atoms with van der Waals surface area (Å²) in [5.74, 6) is 0.344. The second-order valence-electron chi connectivity index (χ2n) is 5.75. The van der Waals surface area contributed by atoms with Crippen molar-refractivity contribution < 1.29 is 17.4 Å². The van der Waals surface area contributed by atoms with Crippen LogP contribution < -0.4 is 4.72 Å². The molecule has 134 valence electrons. The van der Waals surface area contributed by atoms with E-state index in [0.29, 0.717) is 22.4 Å². The summed E-state index contributed by atoms with van der Waals surface area (Å²) >= 11 is 0. The molecule has 4 rings (SSSR count). The van der Waals surface area contributed by atoms with Crippen LogP contribution >= 0.6 is 0 Å². The minimum atomic E-state index is -3.63. The molecule has 0 aliphatic carbocycles. The summed E-state index contributed by atoms with van der Waals surface area (Å²) in [4.78, 5) is 0. The first-order valence-electron chi connectivity index (χ1n) is 7.95. The number of furan rings is 1. The molecule has 0 aliphatic heterocycles. The summed E-state index contributed by atoms with van der Waals surface area (Å²) in [6, 6.07) is 12.1. The SMILES string of the molecule is O=S(=O)(Cc1noc2ccccc12)NC[C@H](c1ccco1)n1cccn1. The number of para-hydroxylation sites is 1. The molecule has 1 atom stereocenters. The van der Waals surface area contributed by atoms with Crippen molar-refractivity contribution in [2.24, 2.45) is 0 Å². The zero-order valence-electron chi connectivity index (χ0n) is 13.6. The molecule has 4 aromatic rings. The monoisotopic (exact) mass is 372 g/mol. The molecule has 0 fully saturated rings. The quantitative estimate of drug-likeness (QED) is 0.534. The van der Waals surface area contributed by atoms with Crippen LogP contribution in [0.5, 0.6) is 0 Å². The molecule has 8 nitrogen and oxygen atoms in total. The lowest BCUT2D eigenvalue weighted by Gasteiger charge is -2.16. The van der Waals surface area contributed by atoms with Crippen LogP contribution in [-0.4, -0.2) is 29.9 Å². The minimum Gasteiger partial charge on any atom is -0.467 e. The molecule has 26 heavy (non-hydrogen) atoms. The van der Waals surface area contributed by atoms with Gasteiger partial charge in [-0.25, -0.2) is 13.1 Å². The largest absolute Gasteiger partial charge is 0.467 e. The van der Waals surface area contributed by atoms with Gasteiger partial charge < -0.3 is 8.94 Å². The summed E-state index contributed by atoms with van der Waals surface area (Å²) in [5, 5.41) is 8.75. The number of nitrogens with zero attached hydrogens (tertiary/aromatic N) is 3. The fraction of sp³-hybridized carbons (Fsp3) is 0.176. The highest BCUT2D eigenvalue weighted by Crippen LogP contribution is 2.21. The van der Waals surface area contributed by atoms with Crippen molar-refractivity contribution in [3.8, 4) is 0 Å². The average Bonchev–Trinajstić information content (AvgIpc) is 3.37. The molecule has 3 heterocycles. The van der Waals surface area contributed by atoms with Crippen LogP contribution in [0.4, 0.5) is 0 Å². The van der Waals surface area contributed by atoms with E-state index in [1.807, 2.05) is 12.1 Å². The van der Waals surface area contributed by atoms with Crippen molar-refractivity contribution >= 4 is 21.0 Å². The Morgan fingerprint density at radius 1 is 1.15 bits per heavy atom. The van der Waals surface area contributed by atoms with Crippen LogP contribution in [-0.2, 0) is 15.8 Å². The van der Waals surface area contributed by atoms with E-state index in [0.717, 1.165) is 0 Å². The van der Waals surface area contributed by atoms with Crippen molar-refractivity contribution in [1.29, 1.82) is 0 Å². The molecule has 9 heteroatoms. The first kappa shape index (κ1) is 16.6. The summed E-state index contributed by atoms with van der Waals surface area (Å²) < 4.78 is 39.9. The predicted molar refractivity (Wildman–Crippen MR) is 93.7 cm³/mol. The van der Waals surface area contributed by atoms with E-state index in [-0.39, 0.29) is 18.3 Å². The number of nitrogens with one attached hydrogen (secondary N) is 1. The van der Waals surface area contributed by atoms with E-state index in [2.05, 4.69) is 15.0 Å². The van der Waals surface area contributed by atoms with Crippen molar-refractivity contribution in [3.63, 3.8) is 0 Å². The zero-order valence-corrected chi connectivity index (χ0v) is 14.5. The first-order chi connectivity index (χ1) is 12.6. The third-order valence-electron chi connectivity index (χ3n) is 3.99. The van der Waals surface area contributed by atoms with E-state index in [1.54, 1.807) is 53.7 Å². The number of hydrogen-bond donors (Lipinski definition) is 1. The number of benzene rings is 1. The van der Waals surface area contributed by atoms with Crippen LogP contribution in [0.3, 0.4) is 0 Å². The first-order valence-corrected chi connectivity index (χ1v) is 9.61. The lowest BCUT2D eigenvalue weighted by Crippen LogP contribution is -2.32. The Hall–Kier alpha value is -2.91. The second-order valence-corrected chi connectivity index (χ2v) is 7.56. The maximum Gasteiger partial charge on any atom is 0.217 e. The van der Waals surface area contributed by atoms with Crippen LogP contribution in [0.15, 0.2) is 70.1 Å². The Kier molecular flexibility index (Phi) is 4.31. The topological polar surface area (TPSA) is 103 Å². The highest BCUT2D eigenvalue weighted by Gasteiger charge is 2.22. The van der Waals surface area contributed by atoms with Crippen LogP contribution in [0.2, 0.25) is 0 Å². The standard InChI is InChI=1S/C17H16N4O4S/c22-26(23,12-14-13-5-1-2-6-16(13)25-20-14)19-11-15(17-7-3-10-24-17)21-9-4-8-18-21/h1-10,15,19H,11-12H2/t15-/m1/s1. The molecule has 0 aliphatic rings.